The molecule has 0 unspecified atom stereocenters. The number of anilines is 1. The van der Waals surface area contributed by atoms with Crippen molar-refractivity contribution in [2.24, 2.45) is 0 Å². The second kappa shape index (κ2) is 5.02. The smallest absolute Gasteiger partial charge is 0.186 e. The number of nitrogens with zero attached hydrogens (tertiary/aromatic N) is 5. The Bertz CT molecular complexity index is 674. The molecule has 0 spiro atoms. The van der Waals surface area contributed by atoms with Crippen molar-refractivity contribution in [2.75, 3.05) is 18.0 Å². The molecule has 1 aliphatic rings. The lowest BCUT2D eigenvalue weighted by molar-refractivity contribution is 0.477. The van der Waals surface area contributed by atoms with Crippen LogP contribution in [0.4, 0.5) is 10.2 Å². The molecule has 3 heterocycles. The van der Waals surface area contributed by atoms with Crippen LogP contribution >= 0.6 is 0 Å². The average molecular weight is 287 g/mol. The van der Waals surface area contributed by atoms with Gasteiger partial charge in [-0.3, -0.25) is 0 Å². The summed E-state index contributed by atoms with van der Waals surface area (Å²) in [5.74, 6) is 1.72. The maximum Gasteiger partial charge on any atom is 0.186 e. The fourth-order valence-electron chi connectivity index (χ4n) is 2.64. The highest BCUT2D eigenvalue weighted by molar-refractivity contribution is 5.46. The van der Waals surface area contributed by atoms with Gasteiger partial charge in [-0.15, -0.1) is 0 Å². The van der Waals surface area contributed by atoms with E-state index in [1.54, 1.807) is 13.8 Å². The van der Waals surface area contributed by atoms with Crippen LogP contribution < -0.4 is 4.90 Å². The lowest BCUT2D eigenvalue weighted by atomic mass is 9.98. The molecular formula is C15H18FN5. The fourth-order valence-corrected chi connectivity index (χ4v) is 2.64. The highest BCUT2D eigenvalue weighted by atomic mass is 19.1. The lowest BCUT2D eigenvalue weighted by Crippen LogP contribution is -2.47. The van der Waals surface area contributed by atoms with E-state index in [-0.39, 0.29) is 11.7 Å². The summed E-state index contributed by atoms with van der Waals surface area (Å²) in [5.41, 5.74) is 2.33. The molecule has 0 saturated carbocycles. The molecule has 0 aromatic carbocycles. The van der Waals surface area contributed by atoms with Crippen LogP contribution in [0.2, 0.25) is 0 Å². The molecule has 0 bridgehead atoms. The molecule has 0 aliphatic carbocycles. The zero-order valence-electron chi connectivity index (χ0n) is 12.7. The summed E-state index contributed by atoms with van der Waals surface area (Å²) in [6.07, 6.45) is 0. The van der Waals surface area contributed by atoms with E-state index in [1.807, 2.05) is 24.8 Å². The van der Waals surface area contributed by atoms with Gasteiger partial charge in [0, 0.05) is 24.5 Å². The van der Waals surface area contributed by atoms with Crippen LogP contribution in [0.5, 0.6) is 0 Å². The van der Waals surface area contributed by atoms with Crippen molar-refractivity contribution >= 4 is 5.82 Å². The summed E-state index contributed by atoms with van der Waals surface area (Å²) in [6.45, 7) is 8.75. The molecular weight excluding hydrogens is 269 g/mol. The Labute approximate surface area is 123 Å². The lowest BCUT2D eigenvalue weighted by Gasteiger charge is -2.39. The molecule has 1 aliphatic heterocycles. The van der Waals surface area contributed by atoms with E-state index in [2.05, 4.69) is 19.9 Å². The van der Waals surface area contributed by atoms with Crippen LogP contribution in [0.15, 0.2) is 6.07 Å². The van der Waals surface area contributed by atoms with Crippen LogP contribution in [-0.4, -0.2) is 33.0 Å². The largest absolute Gasteiger partial charge is 0.352 e. The minimum atomic E-state index is -0.333. The van der Waals surface area contributed by atoms with E-state index in [0.717, 1.165) is 17.2 Å². The Balaban J connectivity index is 1.79. The van der Waals surface area contributed by atoms with E-state index >= 15 is 0 Å². The predicted octanol–water partition coefficient (Wildman–Crippen LogP) is 2.24. The van der Waals surface area contributed by atoms with Crippen LogP contribution in [0, 0.1) is 33.5 Å². The summed E-state index contributed by atoms with van der Waals surface area (Å²) >= 11 is 0. The predicted molar refractivity (Wildman–Crippen MR) is 77.9 cm³/mol. The molecule has 2 aromatic heterocycles. The van der Waals surface area contributed by atoms with Crippen molar-refractivity contribution in [2.45, 2.75) is 33.6 Å². The Morgan fingerprint density at radius 1 is 1.00 bits per heavy atom. The number of hydrogen-bond donors (Lipinski definition) is 0. The van der Waals surface area contributed by atoms with E-state index < -0.39 is 0 Å². The zero-order valence-corrected chi connectivity index (χ0v) is 12.7. The monoisotopic (exact) mass is 287 g/mol. The van der Waals surface area contributed by atoms with Gasteiger partial charge in [0.15, 0.2) is 11.6 Å². The first-order chi connectivity index (χ1) is 9.94. The highest BCUT2D eigenvalue weighted by Gasteiger charge is 2.33. The van der Waals surface area contributed by atoms with Gasteiger partial charge in [0.1, 0.15) is 11.6 Å². The van der Waals surface area contributed by atoms with Gasteiger partial charge < -0.3 is 4.90 Å². The maximum absolute atomic E-state index is 14.1. The number of aromatic nitrogens is 4. The Morgan fingerprint density at radius 2 is 1.62 bits per heavy atom. The topological polar surface area (TPSA) is 54.8 Å². The van der Waals surface area contributed by atoms with E-state index in [0.29, 0.717) is 30.4 Å². The Kier molecular flexibility index (Phi) is 3.31. The molecule has 0 radical (unpaired) electrons. The third kappa shape index (κ3) is 2.57. The molecule has 110 valence electrons. The van der Waals surface area contributed by atoms with Crippen molar-refractivity contribution in [3.8, 4) is 0 Å². The molecule has 0 amide bonds. The molecule has 0 atom stereocenters. The van der Waals surface area contributed by atoms with Crippen LogP contribution in [-0.2, 0) is 0 Å². The number of hydrogen-bond acceptors (Lipinski definition) is 5. The minimum Gasteiger partial charge on any atom is -0.352 e. The standard InChI is InChI=1S/C15H18FN5/c1-8-5-9(2)18-14(17-8)12-6-21(7-12)15-13(16)10(3)19-11(4)20-15/h5,12H,6-7H2,1-4H3. The van der Waals surface area contributed by atoms with Crippen LogP contribution in [0.1, 0.15) is 34.6 Å². The van der Waals surface area contributed by atoms with Crippen LogP contribution in [0.3, 0.4) is 0 Å². The molecule has 6 heteroatoms. The van der Waals surface area contributed by atoms with Crippen molar-refractivity contribution in [3.63, 3.8) is 0 Å². The third-order valence-corrected chi connectivity index (χ3v) is 3.66. The average Bonchev–Trinajstić information content (AvgIpc) is 2.32. The van der Waals surface area contributed by atoms with Crippen LogP contribution in [0.25, 0.3) is 0 Å². The highest BCUT2D eigenvalue weighted by Crippen LogP contribution is 2.31. The third-order valence-electron chi connectivity index (χ3n) is 3.66. The Morgan fingerprint density at radius 3 is 2.24 bits per heavy atom. The second-order valence-corrected chi connectivity index (χ2v) is 5.60. The van der Waals surface area contributed by atoms with Crippen molar-refractivity contribution in [3.05, 3.63) is 40.6 Å². The first-order valence-corrected chi connectivity index (χ1v) is 7.02. The fraction of sp³-hybridized carbons (Fsp3) is 0.467. The first-order valence-electron chi connectivity index (χ1n) is 7.02. The summed E-state index contributed by atoms with van der Waals surface area (Å²) in [6, 6.07) is 1.96. The summed E-state index contributed by atoms with van der Waals surface area (Å²) in [7, 11) is 0. The molecule has 3 rings (SSSR count). The molecule has 1 saturated heterocycles. The summed E-state index contributed by atoms with van der Waals surface area (Å²) in [4.78, 5) is 19.1. The van der Waals surface area contributed by atoms with E-state index in [1.165, 1.54) is 0 Å². The van der Waals surface area contributed by atoms with Gasteiger partial charge in [0.05, 0.1) is 11.6 Å². The van der Waals surface area contributed by atoms with Gasteiger partial charge in [-0.2, -0.15) is 0 Å². The Hall–Kier alpha value is -2.11. The van der Waals surface area contributed by atoms with Crippen molar-refractivity contribution < 1.29 is 4.39 Å². The van der Waals surface area contributed by atoms with Gasteiger partial charge in [-0.1, -0.05) is 0 Å². The normalized spacial score (nSPS) is 15.2. The molecule has 21 heavy (non-hydrogen) atoms. The molecule has 0 N–H and O–H groups in total. The van der Waals surface area contributed by atoms with E-state index in [9.17, 15) is 4.39 Å². The molecule has 2 aromatic rings. The first kappa shape index (κ1) is 13.9. The quantitative estimate of drug-likeness (QED) is 0.848. The van der Waals surface area contributed by atoms with Gasteiger partial charge >= 0.3 is 0 Å². The number of rotatable bonds is 2. The van der Waals surface area contributed by atoms with Gasteiger partial charge in [0.25, 0.3) is 0 Å². The maximum atomic E-state index is 14.1. The van der Waals surface area contributed by atoms with Crippen molar-refractivity contribution in [1.29, 1.82) is 0 Å². The van der Waals surface area contributed by atoms with E-state index in [4.69, 9.17) is 0 Å². The summed E-state index contributed by atoms with van der Waals surface area (Å²) < 4.78 is 14.1. The molecule has 5 nitrogen and oxygen atoms in total. The van der Waals surface area contributed by atoms with Gasteiger partial charge in [0.2, 0.25) is 0 Å². The SMILES string of the molecule is Cc1cc(C)nc(C2CN(c3nc(C)nc(C)c3F)C2)n1. The van der Waals surface area contributed by atoms with Gasteiger partial charge in [-0.05, 0) is 33.8 Å². The number of aryl methyl sites for hydroxylation is 4. The minimum absolute atomic E-state index is 0.235. The molecule has 1 fully saturated rings. The second-order valence-electron chi connectivity index (χ2n) is 5.60. The summed E-state index contributed by atoms with van der Waals surface area (Å²) in [5, 5.41) is 0. The number of halogens is 1. The van der Waals surface area contributed by atoms with Crippen molar-refractivity contribution in [1.82, 2.24) is 19.9 Å². The zero-order chi connectivity index (χ0) is 15.1. The van der Waals surface area contributed by atoms with Gasteiger partial charge in [-0.25, -0.2) is 24.3 Å².